The SMILES string of the molecule is O=C(OCN1C(=O)CN(CCN2CC(=O)N(COC(=O)c3ccco3)C(=O)C2)CC1=O)c1ccco1. The Morgan fingerprint density at radius 1 is 0.667 bits per heavy atom. The highest BCUT2D eigenvalue weighted by atomic mass is 16.6. The van der Waals surface area contributed by atoms with E-state index in [4.69, 9.17) is 18.3 Å². The molecule has 0 aliphatic carbocycles. The molecule has 4 rings (SSSR count). The normalized spacial score (nSPS) is 17.6. The maximum Gasteiger partial charge on any atom is 0.375 e. The maximum absolute atomic E-state index is 12.4. The maximum atomic E-state index is 12.4. The fourth-order valence-electron chi connectivity index (χ4n) is 3.56. The van der Waals surface area contributed by atoms with E-state index in [1.807, 2.05) is 0 Å². The highest BCUT2D eigenvalue weighted by Crippen LogP contribution is 2.11. The minimum absolute atomic E-state index is 0.0478. The van der Waals surface area contributed by atoms with Crippen molar-refractivity contribution in [2.45, 2.75) is 0 Å². The number of esters is 2. The largest absolute Gasteiger partial charge is 0.457 e. The van der Waals surface area contributed by atoms with E-state index in [1.165, 1.54) is 36.8 Å². The lowest BCUT2D eigenvalue weighted by Gasteiger charge is -2.35. The van der Waals surface area contributed by atoms with Crippen LogP contribution in [0.25, 0.3) is 0 Å². The van der Waals surface area contributed by atoms with Gasteiger partial charge in [0.15, 0.2) is 13.5 Å². The van der Waals surface area contributed by atoms with Gasteiger partial charge in [-0.3, -0.25) is 29.0 Å². The number of hydrogen-bond acceptors (Lipinski definition) is 12. The first-order chi connectivity index (χ1) is 17.3. The Hall–Kier alpha value is -4.30. The summed E-state index contributed by atoms with van der Waals surface area (Å²) in [5.74, 6) is -3.88. The number of rotatable bonds is 9. The van der Waals surface area contributed by atoms with Crippen LogP contribution in [-0.4, -0.2) is 108 Å². The molecule has 2 aliphatic rings. The Morgan fingerprint density at radius 3 is 1.33 bits per heavy atom. The van der Waals surface area contributed by atoms with Gasteiger partial charge in [-0.1, -0.05) is 0 Å². The lowest BCUT2D eigenvalue weighted by Crippen LogP contribution is -2.58. The van der Waals surface area contributed by atoms with Crippen LogP contribution in [0.2, 0.25) is 0 Å². The first-order valence-corrected chi connectivity index (χ1v) is 10.8. The van der Waals surface area contributed by atoms with E-state index in [9.17, 15) is 28.8 Å². The Morgan fingerprint density at radius 2 is 1.03 bits per heavy atom. The zero-order chi connectivity index (χ0) is 25.7. The summed E-state index contributed by atoms with van der Waals surface area (Å²) >= 11 is 0. The van der Waals surface area contributed by atoms with E-state index >= 15 is 0 Å². The summed E-state index contributed by atoms with van der Waals surface area (Å²) < 4.78 is 19.7. The first kappa shape index (κ1) is 24.8. The molecule has 2 aromatic rings. The fourth-order valence-corrected chi connectivity index (χ4v) is 3.56. The zero-order valence-electron chi connectivity index (χ0n) is 19.0. The smallest absolute Gasteiger partial charge is 0.375 e. The molecule has 0 bridgehead atoms. The van der Waals surface area contributed by atoms with Gasteiger partial charge < -0.3 is 18.3 Å². The molecule has 14 nitrogen and oxygen atoms in total. The second-order valence-electron chi connectivity index (χ2n) is 7.93. The standard InChI is InChI=1S/C22H22N4O10/c27-17-9-23(10-18(28)25(17)13-35-21(31)15-3-1-7-33-15)5-6-24-11-19(29)26(20(30)12-24)14-36-22(32)16-4-2-8-34-16/h1-4,7-8H,5-6,9-14H2. The van der Waals surface area contributed by atoms with Crippen LogP contribution in [0, 0.1) is 0 Å². The van der Waals surface area contributed by atoms with Crippen molar-refractivity contribution in [2.24, 2.45) is 0 Å². The van der Waals surface area contributed by atoms with Gasteiger partial charge in [0, 0.05) is 13.1 Å². The molecule has 0 spiro atoms. The van der Waals surface area contributed by atoms with Crippen LogP contribution >= 0.6 is 0 Å². The van der Waals surface area contributed by atoms with Crippen molar-refractivity contribution < 1.29 is 47.1 Å². The van der Waals surface area contributed by atoms with Crippen LogP contribution in [-0.2, 0) is 28.7 Å². The third-order valence-corrected chi connectivity index (χ3v) is 5.47. The van der Waals surface area contributed by atoms with Gasteiger partial charge in [-0.05, 0) is 24.3 Å². The third kappa shape index (κ3) is 5.84. The number of nitrogens with zero attached hydrogens (tertiary/aromatic N) is 4. The number of piperazine rings is 2. The zero-order valence-corrected chi connectivity index (χ0v) is 19.0. The second-order valence-corrected chi connectivity index (χ2v) is 7.93. The van der Waals surface area contributed by atoms with Gasteiger partial charge in [0.1, 0.15) is 0 Å². The number of hydrogen-bond donors (Lipinski definition) is 0. The monoisotopic (exact) mass is 502 g/mol. The van der Waals surface area contributed by atoms with Crippen LogP contribution < -0.4 is 0 Å². The van der Waals surface area contributed by atoms with Crippen molar-refractivity contribution in [1.29, 1.82) is 0 Å². The van der Waals surface area contributed by atoms with Gasteiger partial charge in [-0.25, -0.2) is 19.4 Å². The van der Waals surface area contributed by atoms with Crippen molar-refractivity contribution in [3.05, 3.63) is 48.3 Å². The van der Waals surface area contributed by atoms with Crippen LogP contribution in [0.4, 0.5) is 0 Å². The topological polar surface area (TPSA) is 160 Å². The van der Waals surface area contributed by atoms with Crippen molar-refractivity contribution in [3.8, 4) is 0 Å². The van der Waals surface area contributed by atoms with Crippen LogP contribution in [0.5, 0.6) is 0 Å². The van der Waals surface area contributed by atoms with Gasteiger partial charge >= 0.3 is 11.9 Å². The van der Waals surface area contributed by atoms with Crippen molar-refractivity contribution in [1.82, 2.24) is 19.6 Å². The quantitative estimate of drug-likeness (QED) is 0.309. The molecule has 0 atom stereocenters. The Kier molecular flexibility index (Phi) is 7.56. The molecule has 0 unspecified atom stereocenters. The summed E-state index contributed by atoms with van der Waals surface area (Å²) in [6.07, 6.45) is 2.59. The summed E-state index contributed by atoms with van der Waals surface area (Å²) in [5.41, 5.74) is 0. The van der Waals surface area contributed by atoms with E-state index in [0.29, 0.717) is 0 Å². The lowest BCUT2D eigenvalue weighted by atomic mass is 10.2. The molecule has 0 N–H and O–H groups in total. The molecular formula is C22H22N4O10. The molecule has 14 heteroatoms. The van der Waals surface area contributed by atoms with Gasteiger partial charge in [0.05, 0.1) is 38.7 Å². The third-order valence-electron chi connectivity index (χ3n) is 5.47. The summed E-state index contributed by atoms with van der Waals surface area (Å²) in [6, 6.07) is 5.80. The van der Waals surface area contributed by atoms with E-state index in [-0.39, 0.29) is 50.8 Å². The van der Waals surface area contributed by atoms with Crippen LogP contribution in [0.3, 0.4) is 0 Å². The fraction of sp³-hybridized carbons (Fsp3) is 0.364. The summed E-state index contributed by atoms with van der Waals surface area (Å²) in [6.45, 7) is -0.982. The molecule has 36 heavy (non-hydrogen) atoms. The van der Waals surface area contributed by atoms with E-state index in [2.05, 4.69) is 0 Å². The molecule has 0 radical (unpaired) electrons. The first-order valence-electron chi connectivity index (χ1n) is 10.8. The molecule has 2 fully saturated rings. The van der Waals surface area contributed by atoms with Gasteiger partial charge in [0.25, 0.3) is 0 Å². The highest BCUT2D eigenvalue weighted by Gasteiger charge is 2.35. The Labute approximate surface area is 203 Å². The number of furan rings is 2. The molecule has 190 valence electrons. The number of amides is 4. The number of ether oxygens (including phenoxy) is 2. The summed E-state index contributed by atoms with van der Waals surface area (Å²) in [4.78, 5) is 78.1. The molecule has 0 saturated carbocycles. The second kappa shape index (κ2) is 11.0. The van der Waals surface area contributed by atoms with Crippen molar-refractivity contribution in [2.75, 3.05) is 52.7 Å². The predicted octanol–water partition coefficient (Wildman–Crippen LogP) is -0.857. The van der Waals surface area contributed by atoms with E-state index in [0.717, 1.165) is 9.80 Å². The summed E-state index contributed by atoms with van der Waals surface area (Å²) in [5, 5.41) is 0. The van der Waals surface area contributed by atoms with Crippen LogP contribution in [0.1, 0.15) is 21.1 Å². The molecule has 4 amide bonds. The molecular weight excluding hydrogens is 480 g/mol. The molecule has 2 aliphatic heterocycles. The lowest BCUT2D eigenvalue weighted by molar-refractivity contribution is -0.159. The minimum Gasteiger partial charge on any atom is -0.457 e. The van der Waals surface area contributed by atoms with E-state index < -0.39 is 49.0 Å². The number of imide groups is 2. The van der Waals surface area contributed by atoms with Crippen molar-refractivity contribution in [3.63, 3.8) is 0 Å². The minimum atomic E-state index is -0.799. The van der Waals surface area contributed by atoms with Crippen molar-refractivity contribution >= 4 is 35.6 Å². The van der Waals surface area contributed by atoms with Gasteiger partial charge in [-0.15, -0.1) is 0 Å². The molecule has 0 aromatic carbocycles. The highest BCUT2D eigenvalue weighted by molar-refractivity contribution is 6.00. The average Bonchev–Trinajstić information content (AvgIpc) is 3.56. The summed E-state index contributed by atoms with van der Waals surface area (Å²) in [7, 11) is 0. The Bertz CT molecular complexity index is 1020. The number of carbonyl (C=O) groups is 6. The molecule has 2 aromatic heterocycles. The molecule has 2 saturated heterocycles. The van der Waals surface area contributed by atoms with E-state index in [1.54, 1.807) is 9.80 Å². The predicted molar refractivity (Wildman–Crippen MR) is 115 cm³/mol. The number of carbonyl (C=O) groups excluding carboxylic acids is 6. The molecule has 4 heterocycles. The average molecular weight is 502 g/mol. The Balaban J connectivity index is 1.20. The van der Waals surface area contributed by atoms with Gasteiger partial charge in [-0.2, -0.15) is 0 Å². The van der Waals surface area contributed by atoms with Gasteiger partial charge in [0.2, 0.25) is 35.1 Å². The van der Waals surface area contributed by atoms with Crippen LogP contribution in [0.15, 0.2) is 45.6 Å².